The summed E-state index contributed by atoms with van der Waals surface area (Å²) in [6, 6.07) is 12.4. The first kappa shape index (κ1) is 19.1. The molecular weight excluding hydrogens is 420 g/mol. The Morgan fingerprint density at radius 2 is 1.97 bits per heavy atom. The Morgan fingerprint density at radius 3 is 2.71 bits per heavy atom. The van der Waals surface area contributed by atoms with Crippen molar-refractivity contribution in [2.24, 2.45) is 0 Å². The van der Waals surface area contributed by atoms with E-state index in [1.807, 2.05) is 0 Å². The minimum absolute atomic E-state index is 0.00562. The highest BCUT2D eigenvalue weighted by Gasteiger charge is 2.45. The molecular formula is C23H15ClN2O5. The number of aliphatic hydroxyl groups is 1. The molecule has 1 amide bonds. The minimum Gasteiger partial charge on any atom is -0.503 e. The maximum atomic E-state index is 13.4. The van der Waals surface area contributed by atoms with Gasteiger partial charge in [-0.1, -0.05) is 11.6 Å². The van der Waals surface area contributed by atoms with Gasteiger partial charge in [-0.2, -0.15) is 0 Å². The molecule has 5 rings (SSSR count). The number of halogens is 1. The third kappa shape index (κ3) is 3.29. The second-order valence-electron chi connectivity index (χ2n) is 7.09. The number of nitrogens with zero attached hydrogens (tertiary/aromatic N) is 2. The molecule has 4 heterocycles. The summed E-state index contributed by atoms with van der Waals surface area (Å²) in [6.07, 6.45) is 4.67. The Labute approximate surface area is 181 Å². The number of rotatable bonds is 5. The van der Waals surface area contributed by atoms with Gasteiger partial charge < -0.3 is 18.8 Å². The van der Waals surface area contributed by atoms with Crippen molar-refractivity contribution in [1.29, 1.82) is 0 Å². The number of hydrogen-bond donors (Lipinski definition) is 1. The highest BCUT2D eigenvalue weighted by molar-refractivity contribution is 6.31. The molecule has 0 saturated carbocycles. The normalized spacial score (nSPS) is 16.5. The molecule has 1 aliphatic rings. The first-order chi connectivity index (χ1) is 15.0. The molecule has 7 nitrogen and oxygen atoms in total. The molecule has 4 aromatic rings. The third-order valence-electron chi connectivity index (χ3n) is 5.17. The van der Waals surface area contributed by atoms with Crippen molar-refractivity contribution in [3.05, 3.63) is 101 Å². The molecule has 1 aromatic carbocycles. The molecule has 31 heavy (non-hydrogen) atoms. The molecule has 0 spiro atoms. The Kier molecular flexibility index (Phi) is 4.60. The molecule has 1 aliphatic heterocycles. The van der Waals surface area contributed by atoms with Crippen molar-refractivity contribution in [1.82, 2.24) is 9.88 Å². The molecule has 154 valence electrons. The van der Waals surface area contributed by atoms with Crippen LogP contribution in [-0.2, 0) is 11.3 Å². The van der Waals surface area contributed by atoms with Gasteiger partial charge in [-0.25, -0.2) is 0 Å². The van der Waals surface area contributed by atoms with E-state index in [0.29, 0.717) is 21.8 Å². The van der Waals surface area contributed by atoms with Gasteiger partial charge in [-0.15, -0.1) is 0 Å². The maximum Gasteiger partial charge on any atom is 0.290 e. The zero-order valence-electron chi connectivity index (χ0n) is 16.0. The van der Waals surface area contributed by atoms with E-state index in [1.54, 1.807) is 60.9 Å². The first-order valence-electron chi connectivity index (χ1n) is 9.43. The van der Waals surface area contributed by atoms with Crippen LogP contribution < -0.4 is 0 Å². The summed E-state index contributed by atoms with van der Waals surface area (Å²) in [5, 5.41) is 11.8. The second kappa shape index (κ2) is 7.45. The van der Waals surface area contributed by atoms with Gasteiger partial charge in [0, 0.05) is 29.3 Å². The van der Waals surface area contributed by atoms with Crippen LogP contribution in [0, 0.1) is 0 Å². The van der Waals surface area contributed by atoms with Crippen molar-refractivity contribution < 1.29 is 23.5 Å². The van der Waals surface area contributed by atoms with Crippen LogP contribution in [0.25, 0.3) is 11.0 Å². The molecule has 0 bridgehead atoms. The van der Waals surface area contributed by atoms with Gasteiger partial charge >= 0.3 is 0 Å². The molecule has 1 atom stereocenters. The van der Waals surface area contributed by atoms with Gasteiger partial charge in [0.25, 0.3) is 5.91 Å². The second-order valence-corrected chi connectivity index (χ2v) is 7.53. The van der Waals surface area contributed by atoms with E-state index >= 15 is 0 Å². The quantitative estimate of drug-likeness (QED) is 0.451. The number of ketones is 1. The summed E-state index contributed by atoms with van der Waals surface area (Å²) < 4.78 is 11.2. The summed E-state index contributed by atoms with van der Waals surface area (Å²) in [6.45, 7) is 0.156. The van der Waals surface area contributed by atoms with Crippen LogP contribution in [0.4, 0.5) is 0 Å². The lowest BCUT2D eigenvalue weighted by molar-refractivity contribution is -0.130. The van der Waals surface area contributed by atoms with E-state index in [2.05, 4.69) is 4.98 Å². The number of aliphatic hydroxyl groups excluding tert-OH is 1. The summed E-state index contributed by atoms with van der Waals surface area (Å²) in [5.74, 6) is -1.54. The predicted octanol–water partition coefficient (Wildman–Crippen LogP) is 4.85. The van der Waals surface area contributed by atoms with E-state index in [1.165, 1.54) is 11.2 Å². The average Bonchev–Trinajstić information content (AvgIpc) is 3.49. The van der Waals surface area contributed by atoms with E-state index in [-0.39, 0.29) is 17.9 Å². The monoisotopic (exact) mass is 434 g/mol. The lowest BCUT2D eigenvalue weighted by atomic mass is 9.99. The Bertz CT molecular complexity index is 1320. The first-order valence-corrected chi connectivity index (χ1v) is 9.81. The molecule has 1 unspecified atom stereocenters. The average molecular weight is 435 g/mol. The SMILES string of the molecule is O=C(C1=C(O)C(=O)N(Cc2ccncc2)C1c1ccco1)c1cc2cc(Cl)ccc2o1. The number of carbonyl (C=O) groups excluding carboxylic acids is 2. The van der Waals surface area contributed by atoms with Crippen LogP contribution in [0.1, 0.15) is 27.9 Å². The fourth-order valence-electron chi connectivity index (χ4n) is 3.74. The number of Topliss-reactive ketones (excluding diaryl/α,β-unsaturated/α-hetero) is 1. The van der Waals surface area contributed by atoms with Crippen molar-refractivity contribution in [3.8, 4) is 0 Å². The van der Waals surface area contributed by atoms with Crippen molar-refractivity contribution >= 4 is 34.3 Å². The fraction of sp³-hybridized carbons (Fsp3) is 0.0870. The largest absolute Gasteiger partial charge is 0.503 e. The summed E-state index contributed by atoms with van der Waals surface area (Å²) in [4.78, 5) is 31.7. The number of aromatic nitrogens is 1. The smallest absolute Gasteiger partial charge is 0.290 e. The number of hydrogen-bond acceptors (Lipinski definition) is 6. The Hall–Kier alpha value is -3.84. The van der Waals surface area contributed by atoms with Crippen LogP contribution in [0.2, 0.25) is 5.02 Å². The van der Waals surface area contributed by atoms with Crippen molar-refractivity contribution in [3.63, 3.8) is 0 Å². The zero-order chi connectivity index (χ0) is 21.5. The van der Waals surface area contributed by atoms with Gasteiger partial charge in [0.05, 0.1) is 11.8 Å². The highest BCUT2D eigenvalue weighted by Crippen LogP contribution is 2.40. The van der Waals surface area contributed by atoms with Crippen molar-refractivity contribution in [2.45, 2.75) is 12.6 Å². The molecule has 3 aromatic heterocycles. The maximum absolute atomic E-state index is 13.4. The molecule has 0 aliphatic carbocycles. The molecule has 0 fully saturated rings. The fourth-order valence-corrected chi connectivity index (χ4v) is 3.92. The van der Waals surface area contributed by atoms with Crippen LogP contribution in [0.3, 0.4) is 0 Å². The third-order valence-corrected chi connectivity index (χ3v) is 5.40. The number of furan rings is 2. The van der Waals surface area contributed by atoms with Crippen LogP contribution in [0.15, 0.2) is 87.4 Å². The van der Waals surface area contributed by atoms with Gasteiger partial charge in [0.2, 0.25) is 5.78 Å². The van der Waals surface area contributed by atoms with E-state index in [9.17, 15) is 14.7 Å². The van der Waals surface area contributed by atoms with Gasteiger partial charge in [0.15, 0.2) is 11.5 Å². The summed E-state index contributed by atoms with van der Waals surface area (Å²) in [5.41, 5.74) is 1.17. The van der Waals surface area contributed by atoms with Gasteiger partial charge in [-0.3, -0.25) is 14.6 Å². The van der Waals surface area contributed by atoms with Crippen LogP contribution >= 0.6 is 11.6 Å². The number of amides is 1. The molecule has 1 N–H and O–H groups in total. The van der Waals surface area contributed by atoms with Crippen molar-refractivity contribution in [2.75, 3.05) is 0 Å². The zero-order valence-corrected chi connectivity index (χ0v) is 16.7. The Morgan fingerprint density at radius 1 is 1.16 bits per heavy atom. The van der Waals surface area contributed by atoms with Crippen LogP contribution in [0.5, 0.6) is 0 Å². The Balaban J connectivity index is 1.58. The topological polar surface area (TPSA) is 96.8 Å². The van der Waals surface area contributed by atoms with Gasteiger partial charge in [0.1, 0.15) is 17.4 Å². The van der Waals surface area contributed by atoms with Gasteiger partial charge in [-0.05, 0) is 54.1 Å². The van der Waals surface area contributed by atoms with E-state index in [4.69, 9.17) is 20.4 Å². The van der Waals surface area contributed by atoms with E-state index in [0.717, 1.165) is 5.56 Å². The number of pyridine rings is 1. The van der Waals surface area contributed by atoms with Crippen LogP contribution in [-0.4, -0.2) is 26.7 Å². The summed E-state index contributed by atoms with van der Waals surface area (Å²) >= 11 is 6.02. The molecule has 8 heteroatoms. The molecule has 0 radical (unpaired) electrons. The lowest BCUT2D eigenvalue weighted by Gasteiger charge is -2.24. The number of carbonyl (C=O) groups is 2. The minimum atomic E-state index is -0.903. The van der Waals surface area contributed by atoms with E-state index < -0.39 is 23.5 Å². The number of fused-ring (bicyclic) bond motifs is 1. The highest BCUT2D eigenvalue weighted by atomic mass is 35.5. The summed E-state index contributed by atoms with van der Waals surface area (Å²) in [7, 11) is 0. The molecule has 0 saturated heterocycles. The lowest BCUT2D eigenvalue weighted by Crippen LogP contribution is -2.30. The predicted molar refractivity (Wildman–Crippen MR) is 111 cm³/mol. The number of benzene rings is 1. The standard InChI is InChI=1S/C23H15ClN2O5/c24-15-3-4-16-14(10-15)11-18(31-16)21(27)19-20(17-2-1-9-30-17)26(23(29)22(19)28)12-13-5-7-25-8-6-13/h1-11,20,28H,12H2.